The molecule has 6 heteroatoms. The van der Waals surface area contributed by atoms with Crippen molar-refractivity contribution in [1.29, 1.82) is 0 Å². The van der Waals surface area contributed by atoms with Crippen LogP contribution in [-0.4, -0.2) is 31.8 Å². The summed E-state index contributed by atoms with van der Waals surface area (Å²) in [7, 11) is 1.18. The fourth-order valence-corrected chi connectivity index (χ4v) is 0.807. The quantitative estimate of drug-likeness (QED) is 0.419. The Morgan fingerprint density at radius 1 is 1.11 bits per heavy atom. The second kappa shape index (κ2) is 6.78. The van der Waals surface area contributed by atoms with Crippen molar-refractivity contribution >= 4 is 17.9 Å². The summed E-state index contributed by atoms with van der Waals surface area (Å²) >= 11 is 0. The zero-order valence-corrected chi connectivity index (χ0v) is 11.1. The van der Waals surface area contributed by atoms with E-state index in [1.54, 1.807) is 20.8 Å². The second-order valence-corrected chi connectivity index (χ2v) is 4.59. The van der Waals surface area contributed by atoms with E-state index in [1.807, 2.05) is 0 Å². The van der Waals surface area contributed by atoms with Gasteiger partial charge in [-0.1, -0.05) is 6.58 Å². The zero-order chi connectivity index (χ0) is 14.3. The summed E-state index contributed by atoms with van der Waals surface area (Å²) in [5.41, 5.74) is -0.688. The molecule has 0 radical (unpaired) electrons. The van der Waals surface area contributed by atoms with Crippen LogP contribution in [0.15, 0.2) is 12.2 Å². The average molecular weight is 258 g/mol. The number of ether oxygens (including phenoxy) is 3. The van der Waals surface area contributed by atoms with E-state index in [0.29, 0.717) is 0 Å². The number of hydrogen-bond acceptors (Lipinski definition) is 6. The summed E-state index contributed by atoms with van der Waals surface area (Å²) < 4.78 is 13.7. The molecule has 0 heterocycles. The first-order valence-corrected chi connectivity index (χ1v) is 5.27. The third-order valence-electron chi connectivity index (χ3n) is 1.85. The highest BCUT2D eigenvalue weighted by molar-refractivity contribution is 5.93. The van der Waals surface area contributed by atoms with E-state index in [9.17, 15) is 14.4 Å². The minimum absolute atomic E-state index is 0.0235. The Morgan fingerprint density at radius 3 is 2.11 bits per heavy atom. The molecule has 0 aliphatic heterocycles. The van der Waals surface area contributed by atoms with Gasteiger partial charge in [-0.3, -0.25) is 9.59 Å². The molecular weight excluding hydrogens is 240 g/mol. The first-order chi connectivity index (χ1) is 8.18. The molecule has 0 aromatic carbocycles. The van der Waals surface area contributed by atoms with Crippen molar-refractivity contribution in [3.05, 3.63) is 12.2 Å². The normalized spacial score (nSPS) is 10.4. The Labute approximate surface area is 106 Å². The van der Waals surface area contributed by atoms with E-state index in [1.165, 1.54) is 7.11 Å². The predicted molar refractivity (Wildman–Crippen MR) is 62.3 cm³/mol. The van der Waals surface area contributed by atoms with Crippen molar-refractivity contribution in [2.24, 2.45) is 5.41 Å². The zero-order valence-electron chi connectivity index (χ0n) is 11.1. The second-order valence-electron chi connectivity index (χ2n) is 4.59. The first-order valence-electron chi connectivity index (χ1n) is 5.27. The summed E-state index contributed by atoms with van der Waals surface area (Å²) in [6.07, 6.45) is -0.306. The molecule has 0 aromatic heterocycles. The van der Waals surface area contributed by atoms with Crippen LogP contribution in [0.1, 0.15) is 27.2 Å². The molecular formula is C12H18O6. The van der Waals surface area contributed by atoms with Gasteiger partial charge in [-0.25, -0.2) is 4.79 Å². The molecule has 0 bridgehead atoms. The van der Waals surface area contributed by atoms with Crippen LogP contribution in [0.5, 0.6) is 0 Å². The maximum absolute atomic E-state index is 11.3. The number of rotatable bonds is 5. The van der Waals surface area contributed by atoms with Crippen molar-refractivity contribution in [2.75, 3.05) is 13.9 Å². The maximum atomic E-state index is 11.3. The highest BCUT2D eigenvalue weighted by Crippen LogP contribution is 2.15. The molecule has 0 aliphatic carbocycles. The van der Waals surface area contributed by atoms with Gasteiger partial charge in [0.25, 0.3) is 0 Å². The van der Waals surface area contributed by atoms with Crippen LogP contribution in [0.2, 0.25) is 0 Å². The van der Waals surface area contributed by atoms with Crippen LogP contribution in [-0.2, 0) is 28.6 Å². The third kappa shape index (κ3) is 6.03. The topological polar surface area (TPSA) is 78.9 Å². The van der Waals surface area contributed by atoms with Crippen molar-refractivity contribution < 1.29 is 28.6 Å². The Bertz CT molecular complexity index is 350. The largest absolute Gasteiger partial charge is 0.466 e. The lowest BCUT2D eigenvalue weighted by Crippen LogP contribution is -2.25. The fraction of sp³-hybridized carbons (Fsp3) is 0.583. The molecule has 0 atom stereocenters. The molecule has 0 rings (SSSR count). The minimum Gasteiger partial charge on any atom is -0.466 e. The lowest BCUT2D eigenvalue weighted by Gasteiger charge is -2.16. The van der Waals surface area contributed by atoms with Gasteiger partial charge in [0, 0.05) is 5.57 Å². The van der Waals surface area contributed by atoms with Crippen LogP contribution in [0.3, 0.4) is 0 Å². The van der Waals surface area contributed by atoms with E-state index in [2.05, 4.69) is 16.1 Å². The van der Waals surface area contributed by atoms with Crippen LogP contribution in [0, 0.1) is 5.41 Å². The van der Waals surface area contributed by atoms with Gasteiger partial charge < -0.3 is 14.2 Å². The number of carbonyl (C=O) groups is 3. The third-order valence-corrected chi connectivity index (χ3v) is 1.85. The van der Waals surface area contributed by atoms with E-state index >= 15 is 0 Å². The minimum atomic E-state index is -0.716. The Morgan fingerprint density at radius 2 is 1.67 bits per heavy atom. The molecule has 0 aliphatic rings. The Kier molecular flexibility index (Phi) is 6.08. The smallest absolute Gasteiger partial charge is 0.333 e. The van der Waals surface area contributed by atoms with Gasteiger partial charge in [0.1, 0.15) is 0 Å². The van der Waals surface area contributed by atoms with E-state index in [4.69, 9.17) is 4.74 Å². The van der Waals surface area contributed by atoms with Crippen molar-refractivity contribution in [2.45, 2.75) is 27.2 Å². The molecule has 0 amide bonds. The molecule has 0 aromatic rings. The molecule has 0 saturated carbocycles. The Balaban J connectivity index is 3.96. The SMILES string of the molecule is C=C(CC(=O)OCOC(=O)C(C)(C)C)C(=O)OC. The molecule has 0 fully saturated rings. The maximum Gasteiger partial charge on any atom is 0.333 e. The molecule has 0 spiro atoms. The van der Waals surface area contributed by atoms with Gasteiger partial charge in [-0.15, -0.1) is 0 Å². The summed E-state index contributed by atoms with van der Waals surface area (Å²) in [5.74, 6) is -1.88. The Hall–Kier alpha value is -1.85. The monoisotopic (exact) mass is 258 g/mol. The van der Waals surface area contributed by atoms with Crippen LogP contribution >= 0.6 is 0 Å². The summed E-state index contributed by atoms with van der Waals surface area (Å²) in [6, 6.07) is 0. The standard InChI is InChI=1S/C12H18O6/c1-8(10(14)16-5)6-9(13)17-7-18-11(15)12(2,3)4/h1,6-7H2,2-5H3. The number of carbonyl (C=O) groups excluding carboxylic acids is 3. The molecule has 6 nitrogen and oxygen atoms in total. The highest BCUT2D eigenvalue weighted by Gasteiger charge is 2.23. The molecule has 18 heavy (non-hydrogen) atoms. The van der Waals surface area contributed by atoms with Crippen molar-refractivity contribution in [3.8, 4) is 0 Å². The molecule has 0 N–H and O–H groups in total. The van der Waals surface area contributed by atoms with Crippen molar-refractivity contribution in [1.82, 2.24) is 0 Å². The molecule has 0 unspecified atom stereocenters. The summed E-state index contributed by atoms with van der Waals surface area (Å²) in [6.45, 7) is 7.91. The number of hydrogen-bond donors (Lipinski definition) is 0. The van der Waals surface area contributed by atoms with Crippen LogP contribution < -0.4 is 0 Å². The highest BCUT2D eigenvalue weighted by atomic mass is 16.7. The summed E-state index contributed by atoms with van der Waals surface area (Å²) in [4.78, 5) is 33.5. The van der Waals surface area contributed by atoms with Gasteiger partial charge in [0.2, 0.25) is 6.79 Å². The lowest BCUT2D eigenvalue weighted by molar-refractivity contribution is -0.173. The summed E-state index contributed by atoms with van der Waals surface area (Å²) in [5, 5.41) is 0. The van der Waals surface area contributed by atoms with E-state index in [-0.39, 0.29) is 12.0 Å². The van der Waals surface area contributed by atoms with Crippen LogP contribution in [0.4, 0.5) is 0 Å². The lowest BCUT2D eigenvalue weighted by atomic mass is 9.98. The van der Waals surface area contributed by atoms with Gasteiger partial charge in [-0.2, -0.15) is 0 Å². The van der Waals surface area contributed by atoms with Crippen molar-refractivity contribution in [3.63, 3.8) is 0 Å². The van der Waals surface area contributed by atoms with Gasteiger partial charge in [-0.05, 0) is 20.8 Å². The van der Waals surface area contributed by atoms with E-state index < -0.39 is 30.1 Å². The molecule has 102 valence electrons. The van der Waals surface area contributed by atoms with E-state index in [0.717, 1.165) is 0 Å². The fourth-order valence-electron chi connectivity index (χ4n) is 0.807. The first kappa shape index (κ1) is 16.1. The van der Waals surface area contributed by atoms with Gasteiger partial charge in [0.15, 0.2) is 0 Å². The van der Waals surface area contributed by atoms with Gasteiger partial charge >= 0.3 is 17.9 Å². The predicted octanol–water partition coefficient (Wildman–Crippen LogP) is 1.20. The van der Waals surface area contributed by atoms with Gasteiger partial charge in [0.05, 0.1) is 18.9 Å². The number of esters is 3. The molecule has 0 saturated heterocycles. The van der Waals surface area contributed by atoms with Crippen LogP contribution in [0.25, 0.3) is 0 Å². The average Bonchev–Trinajstić information content (AvgIpc) is 2.26. The number of methoxy groups -OCH3 is 1.